The molecule has 0 aliphatic heterocycles. The molecule has 0 aliphatic rings. The molecule has 0 saturated carbocycles. The molecule has 0 bridgehead atoms. The zero-order valence-electron chi connectivity index (χ0n) is 8.41. The minimum Gasteiger partial charge on any atom is -0.384 e. The van der Waals surface area contributed by atoms with Crippen LogP contribution < -0.4 is 10.6 Å². The molecule has 13 heavy (non-hydrogen) atoms. The van der Waals surface area contributed by atoms with Crippen molar-refractivity contribution in [3.63, 3.8) is 0 Å². The molecule has 0 amide bonds. The molecule has 0 aliphatic carbocycles. The van der Waals surface area contributed by atoms with Gasteiger partial charge in [0.15, 0.2) is 0 Å². The first-order valence-corrected chi connectivity index (χ1v) is 4.44. The van der Waals surface area contributed by atoms with Crippen molar-refractivity contribution in [2.24, 2.45) is 0 Å². The minimum atomic E-state index is 0.544. The molecule has 0 saturated heterocycles. The van der Waals surface area contributed by atoms with Gasteiger partial charge in [-0.3, -0.25) is 0 Å². The fourth-order valence-electron chi connectivity index (χ4n) is 1.07. The molecule has 4 heteroatoms. The molecule has 0 fully saturated rings. The van der Waals surface area contributed by atoms with Crippen LogP contribution in [0.5, 0.6) is 0 Å². The van der Waals surface area contributed by atoms with E-state index in [1.54, 1.807) is 6.07 Å². The Hall–Kier alpha value is -1.32. The van der Waals surface area contributed by atoms with Crippen molar-refractivity contribution in [3.8, 4) is 0 Å². The molecular weight excluding hydrogens is 164 g/mol. The zero-order chi connectivity index (χ0) is 9.84. The van der Waals surface area contributed by atoms with Crippen LogP contribution in [-0.4, -0.2) is 24.1 Å². The van der Waals surface area contributed by atoms with Crippen molar-refractivity contribution in [3.05, 3.63) is 11.9 Å². The summed E-state index contributed by atoms with van der Waals surface area (Å²) in [6.07, 6.45) is 1.92. The first kappa shape index (κ1) is 9.77. The number of anilines is 2. The van der Waals surface area contributed by atoms with Crippen LogP contribution >= 0.6 is 0 Å². The van der Waals surface area contributed by atoms with Gasteiger partial charge in [0.05, 0.1) is 0 Å². The molecule has 0 unspecified atom stereocenters. The Morgan fingerprint density at radius 3 is 2.62 bits per heavy atom. The molecule has 0 aromatic carbocycles. The molecule has 2 N–H and O–H groups in total. The highest BCUT2D eigenvalue weighted by atomic mass is 15.2. The standard InChI is InChI=1S/C9H16N4/c1-4-5-8-11-7(10)6-9(12-8)13(2)3/h6H,4-5H2,1-3H3,(H2,10,11,12). The van der Waals surface area contributed by atoms with E-state index in [2.05, 4.69) is 16.9 Å². The first-order chi connectivity index (χ1) is 6.13. The van der Waals surface area contributed by atoms with E-state index in [4.69, 9.17) is 5.73 Å². The third-order valence-electron chi connectivity index (χ3n) is 1.71. The summed E-state index contributed by atoms with van der Waals surface area (Å²) in [6, 6.07) is 1.78. The molecule has 1 heterocycles. The predicted octanol–water partition coefficient (Wildman–Crippen LogP) is 1.08. The van der Waals surface area contributed by atoms with Crippen molar-refractivity contribution >= 4 is 11.6 Å². The van der Waals surface area contributed by atoms with Gasteiger partial charge in [-0.05, 0) is 6.42 Å². The minimum absolute atomic E-state index is 0.544. The van der Waals surface area contributed by atoms with Crippen LogP contribution in [0.15, 0.2) is 6.07 Å². The Bertz CT molecular complexity index is 283. The Labute approximate surface area is 78.8 Å². The van der Waals surface area contributed by atoms with Crippen molar-refractivity contribution in [2.75, 3.05) is 24.7 Å². The fraction of sp³-hybridized carbons (Fsp3) is 0.556. The highest BCUT2D eigenvalue weighted by Crippen LogP contribution is 2.11. The van der Waals surface area contributed by atoms with Crippen LogP contribution in [0.3, 0.4) is 0 Å². The van der Waals surface area contributed by atoms with Gasteiger partial charge in [0.1, 0.15) is 17.5 Å². The second-order valence-electron chi connectivity index (χ2n) is 3.21. The largest absolute Gasteiger partial charge is 0.384 e. The van der Waals surface area contributed by atoms with Crippen molar-refractivity contribution in [1.29, 1.82) is 0 Å². The van der Waals surface area contributed by atoms with Crippen LogP contribution in [0.4, 0.5) is 11.6 Å². The number of hydrogen-bond donors (Lipinski definition) is 1. The number of nitrogens with zero attached hydrogens (tertiary/aromatic N) is 3. The second-order valence-corrected chi connectivity index (χ2v) is 3.21. The van der Waals surface area contributed by atoms with Crippen LogP contribution in [0.1, 0.15) is 19.2 Å². The lowest BCUT2D eigenvalue weighted by atomic mass is 10.3. The first-order valence-electron chi connectivity index (χ1n) is 4.44. The third-order valence-corrected chi connectivity index (χ3v) is 1.71. The van der Waals surface area contributed by atoms with E-state index in [1.807, 2.05) is 19.0 Å². The van der Waals surface area contributed by atoms with E-state index in [9.17, 15) is 0 Å². The maximum Gasteiger partial charge on any atom is 0.133 e. The van der Waals surface area contributed by atoms with E-state index < -0.39 is 0 Å². The van der Waals surface area contributed by atoms with Crippen LogP contribution in [0, 0.1) is 0 Å². The summed E-state index contributed by atoms with van der Waals surface area (Å²) < 4.78 is 0. The van der Waals surface area contributed by atoms with Gasteiger partial charge in [0.25, 0.3) is 0 Å². The van der Waals surface area contributed by atoms with E-state index in [0.717, 1.165) is 24.5 Å². The molecule has 1 aromatic rings. The van der Waals surface area contributed by atoms with Crippen molar-refractivity contribution < 1.29 is 0 Å². The fourth-order valence-corrected chi connectivity index (χ4v) is 1.07. The van der Waals surface area contributed by atoms with Gasteiger partial charge in [-0.2, -0.15) is 0 Å². The van der Waals surface area contributed by atoms with Crippen LogP contribution in [0.2, 0.25) is 0 Å². The summed E-state index contributed by atoms with van der Waals surface area (Å²) in [5, 5.41) is 0. The highest BCUT2D eigenvalue weighted by molar-refractivity contribution is 5.45. The summed E-state index contributed by atoms with van der Waals surface area (Å²) in [5.41, 5.74) is 5.65. The number of aryl methyl sites for hydroxylation is 1. The molecule has 72 valence electrons. The van der Waals surface area contributed by atoms with E-state index in [-0.39, 0.29) is 0 Å². The number of hydrogen-bond acceptors (Lipinski definition) is 4. The Morgan fingerprint density at radius 1 is 1.38 bits per heavy atom. The summed E-state index contributed by atoms with van der Waals surface area (Å²) in [4.78, 5) is 10.4. The molecule has 0 atom stereocenters. The summed E-state index contributed by atoms with van der Waals surface area (Å²) in [7, 11) is 3.88. The summed E-state index contributed by atoms with van der Waals surface area (Å²) in [6.45, 7) is 2.10. The van der Waals surface area contributed by atoms with Gasteiger partial charge in [-0.1, -0.05) is 6.92 Å². The number of nitrogens with two attached hydrogens (primary N) is 1. The van der Waals surface area contributed by atoms with Gasteiger partial charge < -0.3 is 10.6 Å². The molecule has 1 aromatic heterocycles. The molecule has 0 spiro atoms. The number of aromatic nitrogens is 2. The average Bonchev–Trinajstić information content (AvgIpc) is 2.03. The van der Waals surface area contributed by atoms with Crippen LogP contribution in [-0.2, 0) is 6.42 Å². The monoisotopic (exact) mass is 180 g/mol. The Balaban J connectivity index is 2.96. The lowest BCUT2D eigenvalue weighted by molar-refractivity contribution is 0.831. The molecular formula is C9H16N4. The Kier molecular flexibility index (Phi) is 3.06. The lowest BCUT2D eigenvalue weighted by Gasteiger charge is -2.12. The van der Waals surface area contributed by atoms with Crippen molar-refractivity contribution in [2.45, 2.75) is 19.8 Å². The van der Waals surface area contributed by atoms with Crippen molar-refractivity contribution in [1.82, 2.24) is 9.97 Å². The quantitative estimate of drug-likeness (QED) is 0.756. The highest BCUT2D eigenvalue weighted by Gasteiger charge is 2.02. The lowest BCUT2D eigenvalue weighted by Crippen LogP contribution is -2.13. The van der Waals surface area contributed by atoms with Gasteiger partial charge >= 0.3 is 0 Å². The van der Waals surface area contributed by atoms with E-state index in [1.165, 1.54) is 0 Å². The molecule has 0 radical (unpaired) electrons. The molecule has 1 rings (SSSR count). The van der Waals surface area contributed by atoms with E-state index >= 15 is 0 Å². The third kappa shape index (κ3) is 2.57. The second kappa shape index (κ2) is 4.07. The number of nitrogen functional groups attached to an aromatic ring is 1. The Morgan fingerprint density at radius 2 is 2.08 bits per heavy atom. The summed E-state index contributed by atoms with van der Waals surface area (Å²) >= 11 is 0. The number of rotatable bonds is 3. The molecule has 4 nitrogen and oxygen atoms in total. The van der Waals surface area contributed by atoms with E-state index in [0.29, 0.717) is 5.82 Å². The summed E-state index contributed by atoms with van der Waals surface area (Å²) in [5.74, 6) is 2.24. The van der Waals surface area contributed by atoms with Gasteiger partial charge in [-0.25, -0.2) is 9.97 Å². The SMILES string of the molecule is CCCc1nc(N)cc(N(C)C)n1. The predicted molar refractivity (Wildman–Crippen MR) is 54.8 cm³/mol. The van der Waals surface area contributed by atoms with Gasteiger partial charge in [-0.15, -0.1) is 0 Å². The topological polar surface area (TPSA) is 55.0 Å². The van der Waals surface area contributed by atoms with Gasteiger partial charge in [0, 0.05) is 26.6 Å². The average molecular weight is 180 g/mol. The maximum atomic E-state index is 5.65. The zero-order valence-corrected chi connectivity index (χ0v) is 8.41. The van der Waals surface area contributed by atoms with Gasteiger partial charge in [0.2, 0.25) is 0 Å². The smallest absolute Gasteiger partial charge is 0.133 e. The van der Waals surface area contributed by atoms with Crippen LogP contribution in [0.25, 0.3) is 0 Å². The normalized spacial score (nSPS) is 10.1. The maximum absolute atomic E-state index is 5.65.